The summed E-state index contributed by atoms with van der Waals surface area (Å²) in [7, 11) is -3.25. The highest BCUT2D eigenvalue weighted by Crippen LogP contribution is 2.34. The zero-order valence-corrected chi connectivity index (χ0v) is 14.0. The normalized spacial score (nSPS) is 25.0. The average Bonchev–Trinajstić information content (AvgIpc) is 2.84. The lowest BCUT2D eigenvalue weighted by Crippen LogP contribution is -2.55. The SMILES string of the molecule is CC1(NC(=O)c2ccc(CS(C)(=O)=O)o2)CCCCC1C(=O)O. The molecule has 1 fully saturated rings. The Labute approximate surface area is 135 Å². The van der Waals surface area contributed by atoms with E-state index < -0.39 is 33.2 Å². The van der Waals surface area contributed by atoms with Crippen LogP contribution in [0.25, 0.3) is 0 Å². The molecular formula is C15H21NO6S. The molecule has 2 N–H and O–H groups in total. The van der Waals surface area contributed by atoms with E-state index in [-0.39, 0.29) is 17.3 Å². The topological polar surface area (TPSA) is 114 Å². The number of rotatable bonds is 5. The van der Waals surface area contributed by atoms with Crippen LogP contribution in [-0.4, -0.2) is 37.2 Å². The molecule has 7 nitrogen and oxygen atoms in total. The van der Waals surface area contributed by atoms with Crippen molar-refractivity contribution in [2.24, 2.45) is 5.92 Å². The van der Waals surface area contributed by atoms with Crippen LogP contribution in [0.15, 0.2) is 16.5 Å². The molecule has 0 aliphatic heterocycles. The predicted octanol–water partition coefficient (Wildman–Crippen LogP) is 1.59. The summed E-state index contributed by atoms with van der Waals surface area (Å²) in [6.07, 6.45) is 3.84. The maximum Gasteiger partial charge on any atom is 0.308 e. The van der Waals surface area contributed by atoms with Crippen molar-refractivity contribution in [2.45, 2.75) is 43.9 Å². The van der Waals surface area contributed by atoms with Gasteiger partial charge in [0.05, 0.1) is 11.5 Å². The Bertz CT molecular complexity index is 707. The quantitative estimate of drug-likeness (QED) is 0.839. The fourth-order valence-corrected chi connectivity index (χ4v) is 3.71. The molecule has 1 aliphatic rings. The van der Waals surface area contributed by atoms with E-state index in [1.807, 2.05) is 0 Å². The Morgan fingerprint density at radius 1 is 1.39 bits per heavy atom. The highest BCUT2D eigenvalue weighted by molar-refractivity contribution is 7.89. The summed E-state index contributed by atoms with van der Waals surface area (Å²) in [6.45, 7) is 1.73. The second kappa shape index (κ2) is 6.35. The first-order chi connectivity index (χ1) is 10.6. The molecule has 1 aromatic heterocycles. The summed E-state index contributed by atoms with van der Waals surface area (Å²) in [5.41, 5.74) is -0.842. The minimum atomic E-state index is -3.25. The smallest absolute Gasteiger partial charge is 0.308 e. The van der Waals surface area contributed by atoms with Gasteiger partial charge in [0.15, 0.2) is 15.6 Å². The van der Waals surface area contributed by atoms with Gasteiger partial charge in [0.1, 0.15) is 11.5 Å². The van der Waals surface area contributed by atoms with Crippen molar-refractivity contribution in [1.82, 2.24) is 5.32 Å². The van der Waals surface area contributed by atoms with Crippen LogP contribution < -0.4 is 5.32 Å². The Morgan fingerprint density at radius 3 is 2.70 bits per heavy atom. The third kappa shape index (κ3) is 4.34. The Hall–Kier alpha value is -1.83. The molecule has 128 valence electrons. The number of aliphatic carboxylic acids is 1. The first-order valence-corrected chi connectivity index (χ1v) is 9.48. The molecule has 23 heavy (non-hydrogen) atoms. The summed E-state index contributed by atoms with van der Waals surface area (Å²) < 4.78 is 27.7. The molecule has 1 aromatic rings. The van der Waals surface area contributed by atoms with Gasteiger partial charge in [-0.05, 0) is 31.9 Å². The van der Waals surface area contributed by atoms with Crippen LogP contribution >= 0.6 is 0 Å². The highest BCUT2D eigenvalue weighted by atomic mass is 32.2. The zero-order valence-electron chi connectivity index (χ0n) is 13.2. The van der Waals surface area contributed by atoms with Gasteiger partial charge < -0.3 is 14.8 Å². The number of amides is 1. The van der Waals surface area contributed by atoms with E-state index >= 15 is 0 Å². The average molecular weight is 343 g/mol. The maximum absolute atomic E-state index is 12.3. The largest absolute Gasteiger partial charge is 0.481 e. The highest BCUT2D eigenvalue weighted by Gasteiger charge is 2.42. The van der Waals surface area contributed by atoms with Gasteiger partial charge >= 0.3 is 5.97 Å². The molecule has 1 amide bonds. The molecule has 0 bridgehead atoms. The molecule has 1 heterocycles. The number of nitrogens with one attached hydrogen (secondary N) is 1. The molecule has 1 saturated carbocycles. The lowest BCUT2D eigenvalue weighted by atomic mass is 9.74. The van der Waals surface area contributed by atoms with Crippen molar-refractivity contribution >= 4 is 21.7 Å². The third-order valence-corrected chi connectivity index (χ3v) is 5.00. The van der Waals surface area contributed by atoms with E-state index in [1.165, 1.54) is 12.1 Å². The number of sulfone groups is 1. The molecule has 0 saturated heterocycles. The lowest BCUT2D eigenvalue weighted by Gasteiger charge is -2.39. The van der Waals surface area contributed by atoms with Gasteiger partial charge in [0.25, 0.3) is 5.91 Å². The van der Waals surface area contributed by atoms with E-state index in [0.717, 1.165) is 19.1 Å². The molecular weight excluding hydrogens is 322 g/mol. The molecule has 8 heteroatoms. The summed E-state index contributed by atoms with van der Waals surface area (Å²) in [6, 6.07) is 2.84. The lowest BCUT2D eigenvalue weighted by molar-refractivity contribution is -0.145. The molecule has 2 unspecified atom stereocenters. The summed E-state index contributed by atoms with van der Waals surface area (Å²) in [5.74, 6) is -2.22. The van der Waals surface area contributed by atoms with Crippen molar-refractivity contribution in [3.8, 4) is 0 Å². The van der Waals surface area contributed by atoms with Crippen LogP contribution in [-0.2, 0) is 20.4 Å². The maximum atomic E-state index is 12.3. The van der Waals surface area contributed by atoms with Crippen molar-refractivity contribution < 1.29 is 27.5 Å². The minimum Gasteiger partial charge on any atom is -0.481 e. The van der Waals surface area contributed by atoms with Crippen LogP contribution in [0.2, 0.25) is 0 Å². The fourth-order valence-electron chi connectivity index (χ4n) is 3.04. The van der Waals surface area contributed by atoms with Crippen molar-refractivity contribution in [2.75, 3.05) is 6.26 Å². The van der Waals surface area contributed by atoms with Gasteiger partial charge in [0.2, 0.25) is 0 Å². The second-order valence-corrected chi connectivity index (χ2v) is 8.48. The molecule has 0 aromatic carbocycles. The van der Waals surface area contributed by atoms with Gasteiger partial charge in [0, 0.05) is 6.26 Å². The van der Waals surface area contributed by atoms with Gasteiger partial charge in [-0.1, -0.05) is 12.8 Å². The Balaban J connectivity index is 2.13. The van der Waals surface area contributed by atoms with Crippen LogP contribution in [0.1, 0.15) is 48.9 Å². The molecule has 0 radical (unpaired) electrons. The van der Waals surface area contributed by atoms with Crippen LogP contribution in [0.5, 0.6) is 0 Å². The first-order valence-electron chi connectivity index (χ1n) is 7.42. The predicted molar refractivity (Wildman–Crippen MR) is 82.7 cm³/mol. The number of carboxylic acids is 1. The van der Waals surface area contributed by atoms with Gasteiger partial charge in [-0.25, -0.2) is 8.42 Å². The van der Waals surface area contributed by atoms with E-state index in [9.17, 15) is 23.1 Å². The number of furan rings is 1. The van der Waals surface area contributed by atoms with Gasteiger partial charge in [-0.3, -0.25) is 9.59 Å². The second-order valence-electron chi connectivity index (χ2n) is 6.34. The molecule has 1 aliphatic carbocycles. The van der Waals surface area contributed by atoms with Crippen LogP contribution in [0.3, 0.4) is 0 Å². The van der Waals surface area contributed by atoms with E-state index in [0.29, 0.717) is 12.8 Å². The van der Waals surface area contributed by atoms with E-state index in [1.54, 1.807) is 6.92 Å². The van der Waals surface area contributed by atoms with Crippen molar-refractivity contribution in [1.29, 1.82) is 0 Å². The van der Waals surface area contributed by atoms with E-state index in [4.69, 9.17) is 4.42 Å². The molecule has 2 atom stereocenters. The van der Waals surface area contributed by atoms with Crippen molar-refractivity contribution in [3.05, 3.63) is 23.7 Å². The molecule has 2 rings (SSSR count). The Morgan fingerprint density at radius 2 is 2.09 bits per heavy atom. The Kier molecular flexibility index (Phi) is 4.84. The van der Waals surface area contributed by atoms with Crippen molar-refractivity contribution in [3.63, 3.8) is 0 Å². The minimum absolute atomic E-state index is 0.0143. The summed E-state index contributed by atoms with van der Waals surface area (Å²) >= 11 is 0. The monoisotopic (exact) mass is 343 g/mol. The molecule has 0 spiro atoms. The number of carbonyl (C=O) groups excluding carboxylic acids is 1. The number of hydrogen-bond donors (Lipinski definition) is 2. The van der Waals surface area contributed by atoms with Crippen LogP contribution in [0, 0.1) is 5.92 Å². The zero-order chi connectivity index (χ0) is 17.3. The standard InChI is InChI=1S/C15H21NO6S/c1-15(8-4-3-5-11(15)14(18)19)16-13(17)12-7-6-10(22-12)9-23(2,20)21/h6-7,11H,3-5,8-9H2,1-2H3,(H,16,17)(H,18,19). The van der Waals surface area contributed by atoms with Crippen LogP contribution in [0.4, 0.5) is 0 Å². The van der Waals surface area contributed by atoms with Gasteiger partial charge in [-0.2, -0.15) is 0 Å². The number of carboxylic acid groups (broad SMARTS) is 1. The van der Waals surface area contributed by atoms with Gasteiger partial charge in [-0.15, -0.1) is 0 Å². The number of hydrogen-bond acceptors (Lipinski definition) is 5. The first kappa shape index (κ1) is 17.5. The van der Waals surface area contributed by atoms with E-state index in [2.05, 4.69) is 5.32 Å². The third-order valence-electron chi connectivity index (χ3n) is 4.20. The number of carbonyl (C=O) groups is 2. The summed E-state index contributed by atoms with van der Waals surface area (Å²) in [4.78, 5) is 23.7. The summed E-state index contributed by atoms with van der Waals surface area (Å²) in [5, 5.41) is 12.1. The fraction of sp³-hybridized carbons (Fsp3) is 0.600.